The van der Waals surface area contributed by atoms with E-state index in [1.807, 2.05) is 53.4 Å². The quantitative estimate of drug-likeness (QED) is 0.742. The van der Waals surface area contributed by atoms with E-state index in [2.05, 4.69) is 16.4 Å². The number of carbonyl (C=O) groups is 1. The zero-order chi connectivity index (χ0) is 17.0. The first-order valence-electron chi connectivity index (χ1n) is 8.13. The molecule has 1 spiro atoms. The molecule has 0 radical (unpaired) electrons. The molecule has 1 fully saturated rings. The fraction of sp³-hybridized carbons (Fsp3) is 0.211. The zero-order valence-electron chi connectivity index (χ0n) is 13.3. The van der Waals surface area contributed by atoms with Crippen molar-refractivity contribution >= 4 is 28.7 Å². The second kappa shape index (κ2) is 4.84. The molecule has 0 bridgehead atoms. The van der Waals surface area contributed by atoms with Crippen LogP contribution in [0.5, 0.6) is 0 Å². The van der Waals surface area contributed by atoms with Crippen molar-refractivity contribution in [3.05, 3.63) is 54.1 Å². The third-order valence-electron chi connectivity index (χ3n) is 5.21. The first-order valence-corrected chi connectivity index (χ1v) is 8.13. The number of hydrogen-bond donors (Lipinski definition) is 1. The Morgan fingerprint density at radius 2 is 2.04 bits per heavy atom. The van der Waals surface area contributed by atoms with Gasteiger partial charge in [0.15, 0.2) is 5.58 Å². The van der Waals surface area contributed by atoms with Crippen molar-refractivity contribution < 1.29 is 9.21 Å². The maximum Gasteiger partial charge on any atom is 0.298 e. The second-order valence-electron chi connectivity index (χ2n) is 6.50. The summed E-state index contributed by atoms with van der Waals surface area (Å²) >= 11 is 0. The number of hydrogen-bond acceptors (Lipinski definition) is 5. The van der Waals surface area contributed by atoms with Crippen molar-refractivity contribution in [2.45, 2.75) is 5.41 Å². The maximum absolute atomic E-state index is 12.8. The van der Waals surface area contributed by atoms with Gasteiger partial charge in [0.2, 0.25) is 5.91 Å². The molecule has 0 saturated carbocycles. The van der Waals surface area contributed by atoms with Gasteiger partial charge in [-0.2, -0.15) is 10.2 Å². The first kappa shape index (κ1) is 14.1. The fourth-order valence-electron chi connectivity index (χ4n) is 3.98. The minimum absolute atomic E-state index is 0.126. The number of nitrogens with one attached hydrogen (secondary N) is 1. The SMILES string of the molecule is N#C[C@H]1CN(c2nc3ccccc3o2)C[C@]12C(=O)Nc1ccccc12. The predicted molar refractivity (Wildman–Crippen MR) is 92.1 cm³/mol. The Balaban J connectivity index is 1.61. The van der Waals surface area contributed by atoms with Crippen LogP contribution in [0, 0.1) is 17.2 Å². The number of anilines is 2. The monoisotopic (exact) mass is 330 g/mol. The lowest BCUT2D eigenvalue weighted by Gasteiger charge is -2.23. The standard InChI is InChI=1S/C19H14N4O2/c20-9-12-10-23(18-22-15-7-3-4-8-16(15)25-18)11-19(12)13-5-1-2-6-14(13)21-17(19)24/h1-8,12H,10-11H2,(H,21,24)/t12-,19-/m0/s1. The molecule has 25 heavy (non-hydrogen) atoms. The van der Waals surface area contributed by atoms with Crippen LogP contribution in [-0.4, -0.2) is 24.0 Å². The highest BCUT2D eigenvalue weighted by atomic mass is 16.4. The van der Waals surface area contributed by atoms with E-state index in [0.29, 0.717) is 24.7 Å². The number of nitriles is 1. The van der Waals surface area contributed by atoms with Gasteiger partial charge in [0.1, 0.15) is 10.9 Å². The topological polar surface area (TPSA) is 82.2 Å². The molecule has 2 atom stereocenters. The molecule has 3 heterocycles. The molecule has 1 saturated heterocycles. The van der Waals surface area contributed by atoms with E-state index in [0.717, 1.165) is 16.8 Å². The van der Waals surface area contributed by atoms with Gasteiger partial charge in [-0.25, -0.2) is 0 Å². The lowest BCUT2D eigenvalue weighted by molar-refractivity contribution is -0.120. The largest absolute Gasteiger partial charge is 0.423 e. The number of aromatic nitrogens is 1. The van der Waals surface area contributed by atoms with E-state index >= 15 is 0 Å². The third kappa shape index (κ3) is 1.78. The molecule has 1 N–H and O–H groups in total. The second-order valence-corrected chi connectivity index (χ2v) is 6.50. The Morgan fingerprint density at radius 1 is 1.24 bits per heavy atom. The summed E-state index contributed by atoms with van der Waals surface area (Å²) in [6.07, 6.45) is 0. The molecule has 3 aromatic rings. The number of oxazole rings is 1. The summed E-state index contributed by atoms with van der Waals surface area (Å²) in [4.78, 5) is 19.2. The van der Waals surface area contributed by atoms with Crippen LogP contribution in [0.4, 0.5) is 11.7 Å². The van der Waals surface area contributed by atoms with E-state index < -0.39 is 11.3 Å². The number of nitrogens with zero attached hydrogens (tertiary/aromatic N) is 3. The van der Waals surface area contributed by atoms with Crippen LogP contribution >= 0.6 is 0 Å². The van der Waals surface area contributed by atoms with Crippen molar-refractivity contribution in [3.63, 3.8) is 0 Å². The molecular formula is C19H14N4O2. The van der Waals surface area contributed by atoms with Crippen molar-refractivity contribution in [1.82, 2.24) is 4.98 Å². The van der Waals surface area contributed by atoms with E-state index in [4.69, 9.17) is 4.42 Å². The number of para-hydroxylation sites is 3. The van der Waals surface area contributed by atoms with Crippen molar-refractivity contribution in [3.8, 4) is 6.07 Å². The Hall–Kier alpha value is -3.33. The first-order chi connectivity index (χ1) is 12.2. The van der Waals surface area contributed by atoms with Gasteiger partial charge in [-0.3, -0.25) is 4.79 Å². The number of rotatable bonds is 1. The molecule has 0 aliphatic carbocycles. The van der Waals surface area contributed by atoms with Gasteiger partial charge >= 0.3 is 0 Å². The highest BCUT2D eigenvalue weighted by Gasteiger charge is 2.58. The molecule has 1 aromatic heterocycles. The van der Waals surface area contributed by atoms with E-state index in [1.165, 1.54) is 0 Å². The van der Waals surface area contributed by atoms with Crippen molar-refractivity contribution in [2.24, 2.45) is 5.92 Å². The molecule has 6 nitrogen and oxygen atoms in total. The number of benzene rings is 2. The van der Waals surface area contributed by atoms with Crippen LogP contribution in [0.2, 0.25) is 0 Å². The molecule has 2 aromatic carbocycles. The van der Waals surface area contributed by atoms with Gasteiger partial charge in [-0.1, -0.05) is 30.3 Å². The van der Waals surface area contributed by atoms with E-state index in [9.17, 15) is 10.1 Å². The number of amides is 1. The third-order valence-corrected chi connectivity index (χ3v) is 5.21. The smallest absolute Gasteiger partial charge is 0.298 e. The van der Waals surface area contributed by atoms with Gasteiger partial charge in [-0.15, -0.1) is 0 Å². The fourth-order valence-corrected chi connectivity index (χ4v) is 3.98. The maximum atomic E-state index is 12.8. The Kier molecular flexibility index (Phi) is 2.72. The minimum Gasteiger partial charge on any atom is -0.423 e. The van der Waals surface area contributed by atoms with Gasteiger partial charge in [0, 0.05) is 18.8 Å². The number of fused-ring (bicyclic) bond motifs is 3. The van der Waals surface area contributed by atoms with Gasteiger partial charge in [-0.05, 0) is 23.8 Å². The molecule has 1 amide bonds. The van der Waals surface area contributed by atoms with Crippen molar-refractivity contribution in [1.29, 1.82) is 5.26 Å². The average Bonchev–Trinajstić information content (AvgIpc) is 3.30. The molecule has 122 valence electrons. The van der Waals surface area contributed by atoms with Gasteiger partial charge in [0.05, 0.1) is 12.0 Å². The highest BCUT2D eigenvalue weighted by molar-refractivity contribution is 6.07. The van der Waals surface area contributed by atoms with Crippen LogP contribution in [0.25, 0.3) is 11.1 Å². The minimum atomic E-state index is -0.883. The predicted octanol–water partition coefficient (Wildman–Crippen LogP) is 2.68. The highest BCUT2D eigenvalue weighted by Crippen LogP contribution is 2.48. The molecule has 2 aliphatic heterocycles. The molecular weight excluding hydrogens is 316 g/mol. The summed E-state index contributed by atoms with van der Waals surface area (Å²) in [6.45, 7) is 0.784. The molecule has 5 rings (SSSR count). The van der Waals surface area contributed by atoms with E-state index in [-0.39, 0.29) is 5.91 Å². The van der Waals surface area contributed by atoms with Crippen LogP contribution in [0.1, 0.15) is 5.56 Å². The Labute approximate surface area is 143 Å². The molecule has 0 unspecified atom stereocenters. The van der Waals surface area contributed by atoms with Crippen molar-refractivity contribution in [2.75, 3.05) is 23.3 Å². The molecule has 6 heteroatoms. The average molecular weight is 330 g/mol. The van der Waals surface area contributed by atoms with Crippen LogP contribution in [0.3, 0.4) is 0 Å². The Bertz CT molecular complexity index is 1020. The summed E-state index contributed by atoms with van der Waals surface area (Å²) in [5.74, 6) is -0.593. The summed E-state index contributed by atoms with van der Waals surface area (Å²) in [5, 5.41) is 12.7. The van der Waals surface area contributed by atoms with Gasteiger partial charge in [0.25, 0.3) is 6.01 Å². The normalized spacial score (nSPS) is 24.5. The summed E-state index contributed by atoms with van der Waals surface area (Å²) in [6, 6.07) is 17.9. The van der Waals surface area contributed by atoms with Crippen LogP contribution in [0.15, 0.2) is 52.9 Å². The van der Waals surface area contributed by atoms with Gasteiger partial charge < -0.3 is 14.6 Å². The lowest BCUT2D eigenvalue weighted by Crippen LogP contribution is -2.41. The van der Waals surface area contributed by atoms with Crippen LogP contribution < -0.4 is 10.2 Å². The summed E-state index contributed by atoms with van der Waals surface area (Å²) in [7, 11) is 0. The summed E-state index contributed by atoms with van der Waals surface area (Å²) in [5.41, 5.74) is 2.25. The lowest BCUT2D eigenvalue weighted by atomic mass is 9.74. The van der Waals surface area contributed by atoms with Crippen LogP contribution in [-0.2, 0) is 10.2 Å². The summed E-state index contributed by atoms with van der Waals surface area (Å²) < 4.78 is 5.84. The molecule has 2 aliphatic rings. The Morgan fingerprint density at radius 3 is 2.88 bits per heavy atom. The van der Waals surface area contributed by atoms with E-state index in [1.54, 1.807) is 0 Å². The number of carbonyl (C=O) groups excluding carboxylic acids is 1. The zero-order valence-corrected chi connectivity index (χ0v) is 13.3.